The van der Waals surface area contributed by atoms with E-state index >= 15 is 0 Å². The molecule has 5 aromatic rings. The summed E-state index contributed by atoms with van der Waals surface area (Å²) in [5.74, 6) is 1.71. The molecule has 0 bridgehead atoms. The Balaban J connectivity index is 1.20. The molecule has 216 valence electrons. The molecule has 0 aliphatic rings. The van der Waals surface area contributed by atoms with Crippen LogP contribution in [0.3, 0.4) is 0 Å². The van der Waals surface area contributed by atoms with Crippen molar-refractivity contribution < 1.29 is 14.2 Å². The fraction of sp³-hybridized carbons (Fsp3) is 0.229. The molecular formula is C35H38N4O3. The van der Waals surface area contributed by atoms with Crippen molar-refractivity contribution in [1.29, 1.82) is 0 Å². The Morgan fingerprint density at radius 1 is 0.714 bits per heavy atom. The Hall–Kier alpha value is -4.75. The van der Waals surface area contributed by atoms with Crippen LogP contribution in [-0.4, -0.2) is 44.0 Å². The summed E-state index contributed by atoms with van der Waals surface area (Å²) in [5, 5.41) is 0. The lowest BCUT2D eigenvalue weighted by Gasteiger charge is -2.26. The van der Waals surface area contributed by atoms with Gasteiger partial charge in [-0.15, -0.1) is 0 Å². The Labute approximate surface area is 248 Å². The Kier molecular flexibility index (Phi) is 9.75. The fourth-order valence-corrected chi connectivity index (χ4v) is 4.70. The van der Waals surface area contributed by atoms with Crippen molar-refractivity contribution in [3.8, 4) is 17.2 Å². The van der Waals surface area contributed by atoms with Gasteiger partial charge in [0.2, 0.25) is 0 Å². The lowest BCUT2D eigenvalue weighted by atomic mass is 10.1. The highest BCUT2D eigenvalue weighted by molar-refractivity contribution is 5.50. The number of ether oxygens (including phenoxy) is 3. The molecule has 0 fully saturated rings. The molecule has 0 saturated heterocycles. The van der Waals surface area contributed by atoms with Crippen LogP contribution in [0.5, 0.6) is 11.5 Å². The molecule has 5 rings (SSSR count). The molecule has 7 nitrogen and oxygen atoms in total. The van der Waals surface area contributed by atoms with Crippen LogP contribution in [0.25, 0.3) is 5.69 Å². The smallest absolute Gasteiger partial charge is 0.121 e. The van der Waals surface area contributed by atoms with Gasteiger partial charge < -0.3 is 28.6 Å². The SMILES string of the molecule is COc1cccc(CN(Cc2ccc(-n3ccnc3)cc2)c2ccc(COCCOc3cccc(N(C)C)c3)cc2)c1. The number of methoxy groups -OCH3 is 1. The third-order valence-corrected chi connectivity index (χ3v) is 7.02. The van der Waals surface area contributed by atoms with Crippen LogP contribution in [0.15, 0.2) is 116 Å². The number of aromatic nitrogens is 2. The summed E-state index contributed by atoms with van der Waals surface area (Å²) in [6.45, 7) is 3.08. The van der Waals surface area contributed by atoms with E-state index in [1.54, 1.807) is 13.3 Å². The minimum Gasteiger partial charge on any atom is -0.497 e. The van der Waals surface area contributed by atoms with Gasteiger partial charge in [0.25, 0.3) is 0 Å². The van der Waals surface area contributed by atoms with Crippen LogP contribution in [-0.2, 0) is 24.4 Å². The van der Waals surface area contributed by atoms with Gasteiger partial charge in [-0.2, -0.15) is 0 Å². The van der Waals surface area contributed by atoms with E-state index in [-0.39, 0.29) is 0 Å². The first kappa shape index (κ1) is 28.8. The minimum atomic E-state index is 0.503. The quantitative estimate of drug-likeness (QED) is 0.140. The van der Waals surface area contributed by atoms with Crippen molar-refractivity contribution in [2.45, 2.75) is 19.7 Å². The molecule has 1 heterocycles. The number of hydrogen-bond donors (Lipinski definition) is 0. The second-order valence-electron chi connectivity index (χ2n) is 10.3. The van der Waals surface area contributed by atoms with Crippen LogP contribution in [0.1, 0.15) is 16.7 Å². The van der Waals surface area contributed by atoms with Gasteiger partial charge in [0.1, 0.15) is 18.1 Å². The van der Waals surface area contributed by atoms with Gasteiger partial charge >= 0.3 is 0 Å². The van der Waals surface area contributed by atoms with Gasteiger partial charge in [-0.3, -0.25) is 0 Å². The van der Waals surface area contributed by atoms with E-state index in [2.05, 4.69) is 81.5 Å². The average Bonchev–Trinajstić information content (AvgIpc) is 3.57. The zero-order chi connectivity index (χ0) is 29.1. The van der Waals surface area contributed by atoms with Crippen molar-refractivity contribution in [3.63, 3.8) is 0 Å². The van der Waals surface area contributed by atoms with Gasteiger partial charge in [-0.1, -0.05) is 42.5 Å². The van der Waals surface area contributed by atoms with Gasteiger partial charge in [0, 0.05) is 62.7 Å². The summed E-state index contributed by atoms with van der Waals surface area (Å²) in [6, 6.07) is 33.5. The second kappa shape index (κ2) is 14.2. The topological polar surface area (TPSA) is 52.0 Å². The van der Waals surface area contributed by atoms with E-state index in [9.17, 15) is 0 Å². The molecule has 7 heteroatoms. The van der Waals surface area contributed by atoms with Gasteiger partial charge in [0.05, 0.1) is 26.7 Å². The standard InChI is InChI=1S/C35H38N4O3/c1-37(2)33-7-5-9-35(23-33)42-21-20-41-26-29-12-16-32(17-13-29)39(25-30-6-4-8-34(22-30)40-3)24-28-10-14-31(15-11-28)38-19-18-36-27-38/h4-19,22-23,27H,20-21,24-26H2,1-3H3. The molecule has 42 heavy (non-hydrogen) atoms. The Morgan fingerprint density at radius 2 is 1.45 bits per heavy atom. The molecular weight excluding hydrogens is 524 g/mol. The second-order valence-corrected chi connectivity index (χ2v) is 10.3. The molecule has 0 unspecified atom stereocenters. The highest BCUT2D eigenvalue weighted by atomic mass is 16.5. The Morgan fingerprint density at radius 3 is 2.19 bits per heavy atom. The molecule has 0 amide bonds. The van der Waals surface area contributed by atoms with E-state index in [0.717, 1.165) is 47.2 Å². The summed E-state index contributed by atoms with van der Waals surface area (Å²) in [6.07, 6.45) is 5.55. The largest absolute Gasteiger partial charge is 0.497 e. The van der Waals surface area contributed by atoms with E-state index in [0.29, 0.717) is 19.8 Å². The number of nitrogens with zero attached hydrogens (tertiary/aromatic N) is 4. The third kappa shape index (κ3) is 7.92. The normalized spacial score (nSPS) is 10.8. The van der Waals surface area contributed by atoms with Gasteiger partial charge in [-0.05, 0) is 65.2 Å². The lowest BCUT2D eigenvalue weighted by molar-refractivity contribution is 0.0889. The zero-order valence-electron chi connectivity index (χ0n) is 24.5. The Bertz CT molecular complexity index is 1520. The monoisotopic (exact) mass is 562 g/mol. The maximum absolute atomic E-state index is 5.91. The summed E-state index contributed by atoms with van der Waals surface area (Å²) in [5.41, 5.74) is 6.88. The van der Waals surface area contributed by atoms with Crippen LogP contribution in [0, 0.1) is 0 Å². The maximum atomic E-state index is 5.91. The summed E-state index contributed by atoms with van der Waals surface area (Å²) in [4.78, 5) is 8.59. The number of anilines is 2. The maximum Gasteiger partial charge on any atom is 0.121 e. The summed E-state index contributed by atoms with van der Waals surface area (Å²) in [7, 11) is 5.74. The highest BCUT2D eigenvalue weighted by Crippen LogP contribution is 2.24. The first-order valence-electron chi connectivity index (χ1n) is 14.1. The highest BCUT2D eigenvalue weighted by Gasteiger charge is 2.11. The lowest BCUT2D eigenvalue weighted by Crippen LogP contribution is -2.22. The van der Waals surface area contributed by atoms with Crippen LogP contribution >= 0.6 is 0 Å². The van der Waals surface area contributed by atoms with E-state index < -0.39 is 0 Å². The van der Waals surface area contributed by atoms with E-state index in [4.69, 9.17) is 14.2 Å². The van der Waals surface area contributed by atoms with E-state index in [1.165, 1.54) is 11.1 Å². The first-order chi connectivity index (χ1) is 20.6. The fourth-order valence-electron chi connectivity index (χ4n) is 4.70. The molecule has 0 aliphatic heterocycles. The number of imidazole rings is 1. The van der Waals surface area contributed by atoms with Crippen LogP contribution in [0.2, 0.25) is 0 Å². The number of benzene rings is 4. The van der Waals surface area contributed by atoms with Crippen molar-refractivity contribution in [2.75, 3.05) is 44.2 Å². The molecule has 4 aromatic carbocycles. The molecule has 1 aromatic heterocycles. The summed E-state index contributed by atoms with van der Waals surface area (Å²) >= 11 is 0. The number of rotatable bonds is 14. The molecule has 0 N–H and O–H groups in total. The molecule has 0 atom stereocenters. The molecule has 0 aliphatic carbocycles. The zero-order valence-corrected chi connectivity index (χ0v) is 24.5. The van der Waals surface area contributed by atoms with Crippen molar-refractivity contribution in [2.24, 2.45) is 0 Å². The number of hydrogen-bond acceptors (Lipinski definition) is 6. The van der Waals surface area contributed by atoms with Crippen LogP contribution in [0.4, 0.5) is 11.4 Å². The van der Waals surface area contributed by atoms with Crippen molar-refractivity contribution >= 4 is 11.4 Å². The van der Waals surface area contributed by atoms with Crippen LogP contribution < -0.4 is 19.3 Å². The predicted octanol–water partition coefficient (Wildman–Crippen LogP) is 6.75. The molecule has 0 radical (unpaired) electrons. The molecule has 0 spiro atoms. The van der Waals surface area contributed by atoms with E-state index in [1.807, 2.05) is 61.5 Å². The predicted molar refractivity (Wildman–Crippen MR) is 169 cm³/mol. The van der Waals surface area contributed by atoms with Gasteiger partial charge in [0.15, 0.2) is 0 Å². The first-order valence-corrected chi connectivity index (χ1v) is 14.1. The van der Waals surface area contributed by atoms with Gasteiger partial charge in [-0.25, -0.2) is 4.98 Å². The third-order valence-electron chi connectivity index (χ3n) is 7.02. The minimum absolute atomic E-state index is 0.503. The van der Waals surface area contributed by atoms with Crippen molar-refractivity contribution in [3.05, 3.63) is 132 Å². The molecule has 0 saturated carbocycles. The average molecular weight is 563 g/mol. The van der Waals surface area contributed by atoms with Crippen molar-refractivity contribution in [1.82, 2.24) is 9.55 Å². The summed E-state index contributed by atoms with van der Waals surface area (Å²) < 4.78 is 19.3.